The maximum atomic E-state index is 5.36. The van der Waals surface area contributed by atoms with E-state index in [4.69, 9.17) is 7.80 Å². The molecule has 1 atom stereocenters. The second-order valence-corrected chi connectivity index (χ2v) is 5.26. The van der Waals surface area contributed by atoms with Gasteiger partial charge in [0.2, 0.25) is 0 Å². The van der Waals surface area contributed by atoms with E-state index in [9.17, 15) is 0 Å². The highest BCUT2D eigenvalue weighted by Crippen LogP contribution is 2.47. The molecule has 82 valence electrons. The molecule has 1 saturated heterocycles. The lowest BCUT2D eigenvalue weighted by atomic mass is 10.1. The summed E-state index contributed by atoms with van der Waals surface area (Å²) in [5, 5.41) is 0. The van der Waals surface area contributed by atoms with Gasteiger partial charge in [0, 0.05) is 32.2 Å². The third kappa shape index (κ3) is 2.59. The molecule has 2 aliphatic rings. The standard InChI is InChI=1S/C10H18INO2/c1-13-9-2-5-12(6-9)7-10(3-4-10)8-14-11/h9H,2-8H2,1H3. The summed E-state index contributed by atoms with van der Waals surface area (Å²) in [6.07, 6.45) is 4.33. The summed E-state index contributed by atoms with van der Waals surface area (Å²) in [5.74, 6) is 0. The van der Waals surface area contributed by atoms with Crippen LogP contribution in [0, 0.1) is 5.41 Å². The summed E-state index contributed by atoms with van der Waals surface area (Å²) in [6.45, 7) is 4.43. The number of hydrogen-bond acceptors (Lipinski definition) is 3. The van der Waals surface area contributed by atoms with Crippen LogP contribution in [-0.2, 0) is 7.80 Å². The van der Waals surface area contributed by atoms with Crippen molar-refractivity contribution in [3.8, 4) is 0 Å². The molecule has 1 aliphatic carbocycles. The summed E-state index contributed by atoms with van der Waals surface area (Å²) in [5.41, 5.74) is 0.490. The smallest absolute Gasteiger partial charge is 0.109 e. The topological polar surface area (TPSA) is 21.7 Å². The molecule has 0 aromatic rings. The number of ether oxygens (including phenoxy) is 1. The van der Waals surface area contributed by atoms with Crippen molar-refractivity contribution in [1.82, 2.24) is 4.90 Å². The third-order valence-electron chi connectivity index (χ3n) is 3.44. The molecule has 0 spiro atoms. The first-order valence-corrected chi connectivity index (χ1v) is 6.15. The van der Waals surface area contributed by atoms with Gasteiger partial charge in [0.05, 0.1) is 12.7 Å². The van der Waals surface area contributed by atoms with E-state index >= 15 is 0 Å². The minimum Gasteiger partial charge on any atom is -0.380 e. The molecule has 0 aromatic heterocycles. The van der Waals surface area contributed by atoms with Crippen LogP contribution < -0.4 is 0 Å². The Labute approximate surface area is 99.8 Å². The molecule has 2 rings (SSSR count). The van der Waals surface area contributed by atoms with Crippen LogP contribution in [0.25, 0.3) is 0 Å². The van der Waals surface area contributed by atoms with Crippen LogP contribution in [0.4, 0.5) is 0 Å². The highest BCUT2D eigenvalue weighted by Gasteiger charge is 2.45. The van der Waals surface area contributed by atoms with Crippen LogP contribution in [0.3, 0.4) is 0 Å². The molecular formula is C10H18INO2. The van der Waals surface area contributed by atoms with Crippen molar-refractivity contribution in [2.45, 2.75) is 25.4 Å². The average Bonchev–Trinajstić information content (AvgIpc) is 2.78. The lowest BCUT2D eigenvalue weighted by Crippen LogP contribution is -2.31. The zero-order chi connectivity index (χ0) is 10.0. The molecule has 14 heavy (non-hydrogen) atoms. The Hall–Kier alpha value is 0.610. The highest BCUT2D eigenvalue weighted by molar-refractivity contribution is 14.1. The van der Waals surface area contributed by atoms with E-state index in [-0.39, 0.29) is 0 Å². The van der Waals surface area contributed by atoms with E-state index in [0.29, 0.717) is 11.5 Å². The van der Waals surface area contributed by atoms with E-state index in [1.807, 2.05) is 30.1 Å². The average molecular weight is 311 g/mol. The minimum absolute atomic E-state index is 0.464. The van der Waals surface area contributed by atoms with Crippen molar-refractivity contribution in [3.63, 3.8) is 0 Å². The second kappa shape index (κ2) is 4.63. The molecule has 0 aromatic carbocycles. The molecule has 1 saturated carbocycles. The Morgan fingerprint density at radius 3 is 2.79 bits per heavy atom. The number of nitrogens with zero attached hydrogens (tertiary/aromatic N) is 1. The molecule has 0 N–H and O–H groups in total. The molecule has 1 heterocycles. The van der Waals surface area contributed by atoms with Gasteiger partial charge in [-0.15, -0.1) is 0 Å². The Kier molecular flexibility index (Phi) is 3.68. The van der Waals surface area contributed by atoms with Gasteiger partial charge in [-0.3, -0.25) is 0 Å². The molecule has 1 aliphatic heterocycles. The highest BCUT2D eigenvalue weighted by atomic mass is 127. The van der Waals surface area contributed by atoms with Crippen molar-refractivity contribution >= 4 is 23.0 Å². The second-order valence-electron chi connectivity index (χ2n) is 4.63. The molecule has 1 unspecified atom stereocenters. The predicted molar refractivity (Wildman–Crippen MR) is 63.5 cm³/mol. The molecule has 0 amide bonds. The van der Waals surface area contributed by atoms with E-state index in [1.54, 1.807) is 0 Å². The first-order chi connectivity index (χ1) is 6.78. The fourth-order valence-electron chi connectivity index (χ4n) is 2.25. The molecule has 0 bridgehead atoms. The van der Waals surface area contributed by atoms with Gasteiger partial charge < -0.3 is 12.7 Å². The largest absolute Gasteiger partial charge is 0.380 e. The Morgan fingerprint density at radius 2 is 2.29 bits per heavy atom. The van der Waals surface area contributed by atoms with E-state index in [1.165, 1.54) is 32.4 Å². The summed E-state index contributed by atoms with van der Waals surface area (Å²) < 4.78 is 10.6. The van der Waals surface area contributed by atoms with Gasteiger partial charge in [0.25, 0.3) is 0 Å². The zero-order valence-corrected chi connectivity index (χ0v) is 10.8. The summed E-state index contributed by atoms with van der Waals surface area (Å²) in [7, 11) is 1.81. The molecule has 3 nitrogen and oxygen atoms in total. The number of rotatable bonds is 5. The molecule has 4 heteroatoms. The van der Waals surface area contributed by atoms with E-state index in [0.717, 1.165) is 13.2 Å². The van der Waals surface area contributed by atoms with Gasteiger partial charge in [-0.25, -0.2) is 0 Å². The van der Waals surface area contributed by atoms with Gasteiger partial charge in [-0.05, 0) is 19.3 Å². The van der Waals surface area contributed by atoms with E-state index < -0.39 is 0 Å². The van der Waals surface area contributed by atoms with Gasteiger partial charge in [0.1, 0.15) is 23.0 Å². The van der Waals surface area contributed by atoms with Gasteiger partial charge >= 0.3 is 0 Å². The van der Waals surface area contributed by atoms with Crippen LogP contribution in [0.2, 0.25) is 0 Å². The van der Waals surface area contributed by atoms with Gasteiger partial charge in [-0.1, -0.05) is 0 Å². The van der Waals surface area contributed by atoms with Crippen LogP contribution in [0.5, 0.6) is 0 Å². The summed E-state index contributed by atoms with van der Waals surface area (Å²) >= 11 is 2.01. The minimum atomic E-state index is 0.464. The molecular weight excluding hydrogens is 293 g/mol. The lowest BCUT2D eigenvalue weighted by Gasteiger charge is -2.22. The lowest BCUT2D eigenvalue weighted by molar-refractivity contribution is 0.103. The van der Waals surface area contributed by atoms with Crippen LogP contribution >= 0.6 is 23.0 Å². The van der Waals surface area contributed by atoms with Crippen molar-refractivity contribution in [2.75, 3.05) is 33.4 Å². The molecule has 2 fully saturated rings. The Morgan fingerprint density at radius 1 is 1.50 bits per heavy atom. The quantitative estimate of drug-likeness (QED) is 0.724. The van der Waals surface area contributed by atoms with Crippen molar-refractivity contribution in [2.24, 2.45) is 5.41 Å². The Bertz CT molecular complexity index is 197. The fraction of sp³-hybridized carbons (Fsp3) is 1.00. The zero-order valence-electron chi connectivity index (χ0n) is 8.67. The maximum absolute atomic E-state index is 5.36. The normalized spacial score (nSPS) is 30.9. The number of halogens is 1. The predicted octanol–water partition coefficient (Wildman–Crippen LogP) is 1.85. The summed E-state index contributed by atoms with van der Waals surface area (Å²) in [4.78, 5) is 2.52. The van der Waals surface area contributed by atoms with Crippen molar-refractivity contribution in [3.05, 3.63) is 0 Å². The SMILES string of the molecule is COC1CCN(CC2(COI)CC2)C1. The Balaban J connectivity index is 1.76. The number of hydrogen-bond donors (Lipinski definition) is 0. The van der Waals surface area contributed by atoms with Crippen LogP contribution in [0.15, 0.2) is 0 Å². The van der Waals surface area contributed by atoms with Gasteiger partial charge in [-0.2, -0.15) is 0 Å². The number of methoxy groups -OCH3 is 1. The first-order valence-electron chi connectivity index (χ1n) is 5.27. The van der Waals surface area contributed by atoms with Crippen molar-refractivity contribution < 1.29 is 7.80 Å². The summed E-state index contributed by atoms with van der Waals surface area (Å²) in [6, 6.07) is 0. The third-order valence-corrected chi connectivity index (χ3v) is 3.75. The fourth-order valence-corrected chi connectivity index (χ4v) is 2.91. The van der Waals surface area contributed by atoms with Crippen molar-refractivity contribution in [1.29, 1.82) is 0 Å². The van der Waals surface area contributed by atoms with Gasteiger partial charge in [0.15, 0.2) is 0 Å². The maximum Gasteiger partial charge on any atom is 0.109 e. The van der Waals surface area contributed by atoms with Crippen LogP contribution in [-0.4, -0.2) is 44.4 Å². The van der Waals surface area contributed by atoms with E-state index in [2.05, 4.69) is 4.90 Å². The molecule has 0 radical (unpaired) electrons. The first kappa shape index (κ1) is 11.1. The number of likely N-dealkylation sites (tertiary alicyclic amines) is 1. The monoisotopic (exact) mass is 311 g/mol. The van der Waals surface area contributed by atoms with Crippen LogP contribution in [0.1, 0.15) is 19.3 Å².